The van der Waals surface area contributed by atoms with Crippen LogP contribution in [0.1, 0.15) is 37.8 Å². The summed E-state index contributed by atoms with van der Waals surface area (Å²) < 4.78 is 2.23. The zero-order valence-electron chi connectivity index (χ0n) is 11.8. The van der Waals surface area contributed by atoms with Crippen LogP contribution in [-0.2, 0) is 0 Å². The molecular weight excluding hydrogens is 234 g/mol. The summed E-state index contributed by atoms with van der Waals surface area (Å²) >= 11 is 0. The SMILES string of the molecule is CCCCC(CN)n1cncc1-c1cccc(C)c1. The molecule has 1 aromatic heterocycles. The van der Waals surface area contributed by atoms with Crippen molar-refractivity contribution in [2.45, 2.75) is 39.2 Å². The van der Waals surface area contributed by atoms with E-state index in [1.54, 1.807) is 0 Å². The van der Waals surface area contributed by atoms with Crippen molar-refractivity contribution in [2.24, 2.45) is 5.73 Å². The molecule has 2 aromatic rings. The highest BCUT2D eigenvalue weighted by Gasteiger charge is 2.13. The second-order valence-corrected chi connectivity index (χ2v) is 5.09. The van der Waals surface area contributed by atoms with Crippen molar-refractivity contribution >= 4 is 0 Å². The quantitative estimate of drug-likeness (QED) is 0.860. The lowest BCUT2D eigenvalue weighted by Crippen LogP contribution is -2.19. The molecule has 0 saturated carbocycles. The van der Waals surface area contributed by atoms with E-state index >= 15 is 0 Å². The summed E-state index contributed by atoms with van der Waals surface area (Å²) in [4.78, 5) is 4.31. The van der Waals surface area contributed by atoms with E-state index in [9.17, 15) is 0 Å². The normalized spacial score (nSPS) is 12.6. The fraction of sp³-hybridized carbons (Fsp3) is 0.438. The minimum absolute atomic E-state index is 0.345. The summed E-state index contributed by atoms with van der Waals surface area (Å²) in [5.41, 5.74) is 9.58. The van der Waals surface area contributed by atoms with Gasteiger partial charge in [-0.2, -0.15) is 0 Å². The second-order valence-electron chi connectivity index (χ2n) is 5.09. The van der Waals surface area contributed by atoms with Gasteiger partial charge in [-0.1, -0.05) is 43.5 Å². The number of hydrogen-bond acceptors (Lipinski definition) is 2. The van der Waals surface area contributed by atoms with Crippen LogP contribution in [0.3, 0.4) is 0 Å². The predicted molar refractivity (Wildman–Crippen MR) is 80.0 cm³/mol. The van der Waals surface area contributed by atoms with Crippen molar-refractivity contribution < 1.29 is 0 Å². The van der Waals surface area contributed by atoms with Crippen molar-refractivity contribution in [3.63, 3.8) is 0 Å². The third kappa shape index (κ3) is 3.24. The number of nitrogens with two attached hydrogens (primary N) is 1. The molecule has 0 saturated heterocycles. The second kappa shape index (κ2) is 6.53. The van der Waals surface area contributed by atoms with Crippen LogP contribution in [0.2, 0.25) is 0 Å². The fourth-order valence-electron chi connectivity index (χ4n) is 2.43. The first-order valence-electron chi connectivity index (χ1n) is 7.05. The van der Waals surface area contributed by atoms with Crippen LogP contribution in [0.5, 0.6) is 0 Å². The molecule has 102 valence electrons. The number of benzene rings is 1. The van der Waals surface area contributed by atoms with Crippen molar-refractivity contribution in [2.75, 3.05) is 6.54 Å². The number of imidazole rings is 1. The molecule has 2 rings (SSSR count). The zero-order valence-corrected chi connectivity index (χ0v) is 11.8. The molecule has 19 heavy (non-hydrogen) atoms. The Morgan fingerprint density at radius 3 is 2.89 bits per heavy atom. The molecule has 1 atom stereocenters. The Balaban J connectivity index is 2.30. The topological polar surface area (TPSA) is 43.8 Å². The van der Waals surface area contributed by atoms with Gasteiger partial charge in [0, 0.05) is 18.2 Å². The molecule has 0 aliphatic rings. The van der Waals surface area contributed by atoms with Gasteiger partial charge in [0.15, 0.2) is 0 Å². The van der Waals surface area contributed by atoms with Gasteiger partial charge < -0.3 is 10.3 Å². The maximum atomic E-state index is 5.93. The maximum Gasteiger partial charge on any atom is 0.0954 e. The fourth-order valence-corrected chi connectivity index (χ4v) is 2.43. The molecule has 0 radical (unpaired) electrons. The van der Waals surface area contributed by atoms with Gasteiger partial charge in [-0.05, 0) is 19.4 Å². The Kier molecular flexibility index (Phi) is 4.74. The number of rotatable bonds is 6. The Morgan fingerprint density at radius 1 is 1.37 bits per heavy atom. The number of unbranched alkanes of at least 4 members (excludes halogenated alkanes) is 1. The summed E-state index contributed by atoms with van der Waals surface area (Å²) in [6, 6.07) is 8.88. The highest BCUT2D eigenvalue weighted by Crippen LogP contribution is 2.25. The molecule has 0 aliphatic heterocycles. The minimum Gasteiger partial charge on any atom is -0.328 e. The highest BCUT2D eigenvalue weighted by atomic mass is 15.1. The van der Waals surface area contributed by atoms with Crippen LogP contribution in [0.4, 0.5) is 0 Å². The molecule has 0 bridgehead atoms. The third-order valence-electron chi connectivity index (χ3n) is 3.54. The van der Waals surface area contributed by atoms with Crippen LogP contribution < -0.4 is 5.73 Å². The first-order chi connectivity index (χ1) is 9.26. The predicted octanol–water partition coefficient (Wildman–Crippen LogP) is 3.55. The van der Waals surface area contributed by atoms with Crippen LogP contribution in [0.15, 0.2) is 36.8 Å². The van der Waals surface area contributed by atoms with Crippen molar-refractivity contribution in [1.29, 1.82) is 0 Å². The Bertz CT molecular complexity index is 516. The largest absolute Gasteiger partial charge is 0.328 e. The first-order valence-corrected chi connectivity index (χ1v) is 7.05. The Labute approximate surface area is 115 Å². The van der Waals surface area contributed by atoms with Crippen LogP contribution >= 0.6 is 0 Å². The summed E-state index contributed by atoms with van der Waals surface area (Å²) in [5.74, 6) is 0. The van der Waals surface area contributed by atoms with E-state index < -0.39 is 0 Å². The highest BCUT2D eigenvalue weighted by molar-refractivity contribution is 5.60. The summed E-state index contributed by atoms with van der Waals surface area (Å²) in [6.45, 7) is 4.99. The lowest BCUT2D eigenvalue weighted by atomic mass is 10.1. The average Bonchev–Trinajstić information content (AvgIpc) is 2.89. The van der Waals surface area contributed by atoms with Gasteiger partial charge in [0.2, 0.25) is 0 Å². The molecule has 3 nitrogen and oxygen atoms in total. The number of aryl methyl sites for hydroxylation is 1. The van der Waals surface area contributed by atoms with Crippen LogP contribution in [0.25, 0.3) is 11.3 Å². The third-order valence-corrected chi connectivity index (χ3v) is 3.54. The van der Waals surface area contributed by atoms with Crippen LogP contribution in [-0.4, -0.2) is 16.1 Å². The van der Waals surface area contributed by atoms with Gasteiger partial charge in [-0.25, -0.2) is 4.98 Å². The minimum atomic E-state index is 0.345. The van der Waals surface area contributed by atoms with Gasteiger partial charge in [0.25, 0.3) is 0 Å². The van der Waals surface area contributed by atoms with E-state index in [-0.39, 0.29) is 0 Å². The van der Waals surface area contributed by atoms with E-state index in [0.29, 0.717) is 12.6 Å². The van der Waals surface area contributed by atoms with Crippen molar-refractivity contribution in [1.82, 2.24) is 9.55 Å². The number of hydrogen-bond donors (Lipinski definition) is 1. The molecular formula is C16H23N3. The lowest BCUT2D eigenvalue weighted by Gasteiger charge is -2.19. The molecule has 3 heteroatoms. The molecule has 2 N–H and O–H groups in total. The van der Waals surface area contributed by atoms with E-state index in [1.165, 1.54) is 24.0 Å². The number of aromatic nitrogens is 2. The molecule has 0 spiro atoms. The van der Waals surface area contributed by atoms with E-state index in [1.807, 2.05) is 12.5 Å². The standard InChI is InChI=1S/C16H23N3/c1-3-4-8-15(10-17)19-12-18-11-16(19)14-7-5-6-13(2)9-14/h5-7,9,11-12,15H,3-4,8,10,17H2,1-2H3. The molecule has 1 unspecified atom stereocenters. The van der Waals surface area contributed by atoms with Gasteiger partial charge in [-0.15, -0.1) is 0 Å². The first kappa shape index (κ1) is 13.8. The Morgan fingerprint density at radius 2 is 2.21 bits per heavy atom. The molecule has 0 amide bonds. The molecule has 1 heterocycles. The summed E-state index contributed by atoms with van der Waals surface area (Å²) in [7, 11) is 0. The van der Waals surface area contributed by atoms with Crippen molar-refractivity contribution in [3.8, 4) is 11.3 Å². The average molecular weight is 257 g/mol. The van der Waals surface area contributed by atoms with E-state index in [0.717, 1.165) is 12.1 Å². The van der Waals surface area contributed by atoms with Gasteiger partial charge >= 0.3 is 0 Å². The molecule has 1 aromatic carbocycles. The van der Waals surface area contributed by atoms with E-state index in [2.05, 4.69) is 47.7 Å². The molecule has 0 aliphatic carbocycles. The van der Waals surface area contributed by atoms with Crippen LogP contribution in [0, 0.1) is 6.92 Å². The number of nitrogens with zero attached hydrogens (tertiary/aromatic N) is 2. The monoisotopic (exact) mass is 257 g/mol. The smallest absolute Gasteiger partial charge is 0.0954 e. The van der Waals surface area contributed by atoms with Gasteiger partial charge in [0.05, 0.1) is 18.2 Å². The summed E-state index contributed by atoms with van der Waals surface area (Å²) in [5, 5.41) is 0. The zero-order chi connectivity index (χ0) is 13.7. The lowest BCUT2D eigenvalue weighted by molar-refractivity contribution is 0.461. The maximum absolute atomic E-state index is 5.93. The Hall–Kier alpha value is -1.61. The van der Waals surface area contributed by atoms with Crippen molar-refractivity contribution in [3.05, 3.63) is 42.4 Å². The van der Waals surface area contributed by atoms with E-state index in [4.69, 9.17) is 5.73 Å². The summed E-state index contributed by atoms with van der Waals surface area (Å²) in [6.07, 6.45) is 7.36. The van der Waals surface area contributed by atoms with Gasteiger partial charge in [-0.3, -0.25) is 0 Å². The van der Waals surface area contributed by atoms with Gasteiger partial charge in [0.1, 0.15) is 0 Å². The molecule has 0 fully saturated rings.